The molecule has 0 bridgehead atoms. The molecule has 3 heteroatoms. The first-order valence-electron chi connectivity index (χ1n) is 4.80. The number of hydrogen-bond acceptors (Lipinski definition) is 1. The van der Waals surface area contributed by atoms with Crippen molar-refractivity contribution in [3.63, 3.8) is 0 Å². The van der Waals surface area contributed by atoms with Gasteiger partial charge in [0, 0.05) is 10.6 Å². The van der Waals surface area contributed by atoms with Crippen molar-refractivity contribution in [3.05, 3.63) is 53.3 Å². The molecule has 0 aliphatic carbocycles. The van der Waals surface area contributed by atoms with E-state index < -0.39 is 0 Å². The molecule has 0 unspecified atom stereocenters. The predicted molar refractivity (Wildman–Crippen MR) is 63.4 cm³/mol. The standard InChI is InChI=1S/C13H10ClFO/c1-16-11-5-6-13(14)12(8-11)9-3-2-4-10(15)7-9/h2-8H,1H3. The molecule has 0 spiro atoms. The van der Waals surface area contributed by atoms with E-state index in [1.807, 2.05) is 6.07 Å². The van der Waals surface area contributed by atoms with E-state index in [1.54, 1.807) is 31.4 Å². The van der Waals surface area contributed by atoms with Crippen molar-refractivity contribution in [1.82, 2.24) is 0 Å². The first-order valence-corrected chi connectivity index (χ1v) is 5.18. The fourth-order valence-electron chi connectivity index (χ4n) is 1.51. The van der Waals surface area contributed by atoms with Crippen LogP contribution >= 0.6 is 11.6 Å². The van der Waals surface area contributed by atoms with Gasteiger partial charge in [-0.25, -0.2) is 4.39 Å². The van der Waals surface area contributed by atoms with E-state index in [0.717, 1.165) is 11.1 Å². The lowest BCUT2D eigenvalue weighted by molar-refractivity contribution is 0.415. The van der Waals surface area contributed by atoms with Crippen LogP contribution in [0.15, 0.2) is 42.5 Å². The molecule has 2 aromatic rings. The van der Waals surface area contributed by atoms with Crippen molar-refractivity contribution in [2.24, 2.45) is 0 Å². The summed E-state index contributed by atoms with van der Waals surface area (Å²) in [6.07, 6.45) is 0. The molecule has 0 saturated carbocycles. The largest absolute Gasteiger partial charge is 0.497 e. The summed E-state index contributed by atoms with van der Waals surface area (Å²) >= 11 is 6.06. The molecule has 0 heterocycles. The molecule has 0 aliphatic heterocycles. The van der Waals surface area contributed by atoms with Crippen LogP contribution in [-0.2, 0) is 0 Å². The van der Waals surface area contributed by atoms with Crippen LogP contribution in [0.25, 0.3) is 11.1 Å². The fraction of sp³-hybridized carbons (Fsp3) is 0.0769. The lowest BCUT2D eigenvalue weighted by Gasteiger charge is -2.07. The van der Waals surface area contributed by atoms with Crippen LogP contribution in [0.2, 0.25) is 5.02 Å². The molecule has 0 N–H and O–H groups in total. The molecule has 82 valence electrons. The Hall–Kier alpha value is -1.54. The summed E-state index contributed by atoms with van der Waals surface area (Å²) in [6.45, 7) is 0. The van der Waals surface area contributed by atoms with Crippen molar-refractivity contribution < 1.29 is 9.13 Å². The molecule has 2 rings (SSSR count). The summed E-state index contributed by atoms with van der Waals surface area (Å²) in [4.78, 5) is 0. The molecular formula is C13H10ClFO. The minimum absolute atomic E-state index is 0.281. The van der Waals surface area contributed by atoms with Crippen LogP contribution in [-0.4, -0.2) is 7.11 Å². The summed E-state index contributed by atoms with van der Waals surface area (Å²) in [6, 6.07) is 11.6. The van der Waals surface area contributed by atoms with Gasteiger partial charge in [0.15, 0.2) is 0 Å². The van der Waals surface area contributed by atoms with Gasteiger partial charge < -0.3 is 4.74 Å². The van der Waals surface area contributed by atoms with Crippen molar-refractivity contribution in [1.29, 1.82) is 0 Å². The van der Waals surface area contributed by atoms with Crippen LogP contribution in [0.1, 0.15) is 0 Å². The summed E-state index contributed by atoms with van der Waals surface area (Å²) in [5.74, 6) is 0.417. The SMILES string of the molecule is COc1ccc(Cl)c(-c2cccc(F)c2)c1. The number of ether oxygens (including phenoxy) is 1. The highest BCUT2D eigenvalue weighted by atomic mass is 35.5. The normalized spacial score (nSPS) is 10.2. The first kappa shape index (κ1) is 11.0. The van der Waals surface area contributed by atoms with Crippen molar-refractivity contribution in [3.8, 4) is 16.9 Å². The third-order valence-electron chi connectivity index (χ3n) is 2.31. The summed E-state index contributed by atoms with van der Waals surface area (Å²) in [7, 11) is 1.58. The van der Waals surface area contributed by atoms with Gasteiger partial charge in [-0.3, -0.25) is 0 Å². The maximum atomic E-state index is 13.1. The molecule has 0 saturated heterocycles. The highest BCUT2D eigenvalue weighted by Crippen LogP contribution is 2.31. The van der Waals surface area contributed by atoms with E-state index in [1.165, 1.54) is 12.1 Å². The highest BCUT2D eigenvalue weighted by molar-refractivity contribution is 6.33. The first-order chi connectivity index (χ1) is 7.70. The van der Waals surface area contributed by atoms with Gasteiger partial charge in [-0.2, -0.15) is 0 Å². The van der Waals surface area contributed by atoms with E-state index in [-0.39, 0.29) is 5.82 Å². The third kappa shape index (κ3) is 2.17. The molecule has 0 fully saturated rings. The molecular weight excluding hydrogens is 227 g/mol. The van der Waals surface area contributed by atoms with Crippen LogP contribution in [0, 0.1) is 5.82 Å². The molecule has 0 radical (unpaired) electrons. The Morgan fingerprint density at radius 1 is 1.12 bits per heavy atom. The van der Waals surface area contributed by atoms with E-state index in [2.05, 4.69) is 0 Å². The van der Waals surface area contributed by atoms with Gasteiger partial charge in [-0.1, -0.05) is 23.7 Å². The molecule has 2 aromatic carbocycles. The second kappa shape index (κ2) is 4.54. The van der Waals surface area contributed by atoms with E-state index in [0.29, 0.717) is 10.8 Å². The Bertz CT molecular complexity index is 511. The number of benzene rings is 2. The molecule has 1 nitrogen and oxygen atoms in total. The van der Waals surface area contributed by atoms with E-state index >= 15 is 0 Å². The molecule has 0 aliphatic rings. The van der Waals surface area contributed by atoms with Crippen LogP contribution in [0.5, 0.6) is 5.75 Å². The summed E-state index contributed by atoms with van der Waals surface area (Å²) in [5, 5.41) is 0.575. The minimum Gasteiger partial charge on any atom is -0.497 e. The van der Waals surface area contributed by atoms with Gasteiger partial charge in [0.2, 0.25) is 0 Å². The average Bonchev–Trinajstić information content (AvgIpc) is 2.30. The second-order valence-electron chi connectivity index (χ2n) is 3.36. The van der Waals surface area contributed by atoms with Crippen molar-refractivity contribution in [2.45, 2.75) is 0 Å². The van der Waals surface area contributed by atoms with E-state index in [9.17, 15) is 4.39 Å². The quantitative estimate of drug-likeness (QED) is 0.761. The Balaban J connectivity index is 2.54. The topological polar surface area (TPSA) is 9.23 Å². The van der Waals surface area contributed by atoms with Gasteiger partial charge in [-0.15, -0.1) is 0 Å². The predicted octanol–water partition coefficient (Wildman–Crippen LogP) is 4.15. The van der Waals surface area contributed by atoms with Crippen LogP contribution in [0.3, 0.4) is 0 Å². The Kier molecular flexibility index (Phi) is 3.11. The monoisotopic (exact) mass is 236 g/mol. The highest BCUT2D eigenvalue weighted by Gasteiger charge is 2.05. The van der Waals surface area contributed by atoms with Gasteiger partial charge in [0.05, 0.1) is 7.11 Å². The number of methoxy groups -OCH3 is 1. The van der Waals surface area contributed by atoms with Crippen molar-refractivity contribution in [2.75, 3.05) is 7.11 Å². The smallest absolute Gasteiger partial charge is 0.123 e. The average molecular weight is 237 g/mol. The number of halogens is 2. The van der Waals surface area contributed by atoms with Crippen LogP contribution in [0.4, 0.5) is 4.39 Å². The zero-order valence-corrected chi connectivity index (χ0v) is 9.46. The molecule has 0 amide bonds. The lowest BCUT2D eigenvalue weighted by atomic mass is 10.1. The second-order valence-corrected chi connectivity index (χ2v) is 3.76. The van der Waals surface area contributed by atoms with E-state index in [4.69, 9.17) is 16.3 Å². The fourth-order valence-corrected chi connectivity index (χ4v) is 1.74. The van der Waals surface area contributed by atoms with Crippen LogP contribution < -0.4 is 4.74 Å². The Morgan fingerprint density at radius 3 is 2.62 bits per heavy atom. The molecule has 0 aromatic heterocycles. The maximum absolute atomic E-state index is 13.1. The van der Waals surface area contributed by atoms with Gasteiger partial charge in [0.25, 0.3) is 0 Å². The zero-order valence-electron chi connectivity index (χ0n) is 8.71. The number of hydrogen-bond donors (Lipinski definition) is 0. The molecule has 0 atom stereocenters. The summed E-state index contributed by atoms with van der Waals surface area (Å²) < 4.78 is 18.2. The van der Waals surface area contributed by atoms with Gasteiger partial charge >= 0.3 is 0 Å². The molecule has 16 heavy (non-hydrogen) atoms. The summed E-state index contributed by atoms with van der Waals surface area (Å²) in [5.41, 5.74) is 1.50. The van der Waals surface area contributed by atoms with Crippen molar-refractivity contribution >= 4 is 11.6 Å². The maximum Gasteiger partial charge on any atom is 0.123 e. The Labute approximate surface area is 98.4 Å². The van der Waals surface area contributed by atoms with Gasteiger partial charge in [-0.05, 0) is 35.9 Å². The number of rotatable bonds is 2. The minimum atomic E-state index is -0.281. The zero-order chi connectivity index (χ0) is 11.5. The Morgan fingerprint density at radius 2 is 1.94 bits per heavy atom. The van der Waals surface area contributed by atoms with Gasteiger partial charge in [0.1, 0.15) is 11.6 Å². The lowest BCUT2D eigenvalue weighted by Crippen LogP contribution is -1.86. The third-order valence-corrected chi connectivity index (χ3v) is 2.64.